The molecule has 1 aromatic carbocycles. The molecule has 0 N–H and O–H groups in total. The van der Waals surface area contributed by atoms with E-state index in [2.05, 4.69) is 0 Å². The Balaban J connectivity index is 2.38. The summed E-state index contributed by atoms with van der Waals surface area (Å²) in [5.74, 6) is 0.719. The molecule has 0 unspecified atom stereocenters. The first-order chi connectivity index (χ1) is 5.83. The normalized spacial score (nSPS) is 9.67. The maximum Gasteiger partial charge on any atom is 0.180 e. The highest BCUT2D eigenvalue weighted by Gasteiger charge is 1.98. The van der Waals surface area contributed by atoms with Crippen molar-refractivity contribution in [2.45, 2.75) is 12.1 Å². The predicted molar refractivity (Wildman–Crippen MR) is 53.3 cm³/mol. The number of carbonyl (C=O) groups is 1. The van der Waals surface area contributed by atoms with Crippen molar-refractivity contribution in [1.29, 1.82) is 0 Å². The highest BCUT2D eigenvalue weighted by molar-refractivity contribution is 8.13. The molecule has 0 spiro atoms. The van der Waals surface area contributed by atoms with Crippen molar-refractivity contribution in [3.05, 3.63) is 35.9 Å². The lowest BCUT2D eigenvalue weighted by Gasteiger charge is -1.97. The third-order valence-electron chi connectivity index (χ3n) is 1.41. The van der Waals surface area contributed by atoms with Gasteiger partial charge in [0.15, 0.2) is 5.12 Å². The molecule has 2 radical (unpaired) electrons. The van der Waals surface area contributed by atoms with Crippen LogP contribution in [0.15, 0.2) is 30.3 Å². The summed E-state index contributed by atoms with van der Waals surface area (Å²) in [6, 6.07) is 9.87. The van der Waals surface area contributed by atoms with Crippen LogP contribution in [0, 0.1) is 0 Å². The van der Waals surface area contributed by atoms with Crippen LogP contribution < -0.4 is 0 Å². The summed E-state index contributed by atoms with van der Waals surface area (Å²) >= 11 is 1.27. The Hall–Kier alpha value is -0.695. The molecule has 0 bridgehead atoms. The SMILES string of the molecule is [B]CC(=O)SCc1ccccc1. The van der Waals surface area contributed by atoms with Gasteiger partial charge in [0.05, 0.1) is 7.85 Å². The van der Waals surface area contributed by atoms with Crippen molar-refractivity contribution in [2.75, 3.05) is 0 Å². The van der Waals surface area contributed by atoms with Gasteiger partial charge in [-0.1, -0.05) is 42.1 Å². The van der Waals surface area contributed by atoms with Crippen LogP contribution >= 0.6 is 11.8 Å². The Bertz CT molecular complexity index is 248. The van der Waals surface area contributed by atoms with Crippen LogP contribution in [0.3, 0.4) is 0 Å². The summed E-state index contributed by atoms with van der Waals surface area (Å²) in [6.07, 6.45) is 0.123. The number of thioether (sulfide) groups is 1. The fourth-order valence-corrected chi connectivity index (χ4v) is 1.43. The number of benzene rings is 1. The summed E-state index contributed by atoms with van der Waals surface area (Å²) in [6.45, 7) is 0. The second-order valence-electron chi connectivity index (χ2n) is 2.35. The van der Waals surface area contributed by atoms with E-state index in [4.69, 9.17) is 7.85 Å². The second kappa shape index (κ2) is 5.04. The van der Waals surface area contributed by atoms with Crippen LogP contribution in [0.1, 0.15) is 5.56 Å². The lowest BCUT2D eigenvalue weighted by Crippen LogP contribution is -1.90. The van der Waals surface area contributed by atoms with Crippen molar-refractivity contribution in [3.8, 4) is 0 Å². The molecule has 0 atom stereocenters. The van der Waals surface area contributed by atoms with E-state index < -0.39 is 0 Å². The molecule has 0 aliphatic carbocycles. The lowest BCUT2D eigenvalue weighted by atomic mass is 10.1. The molecule has 1 aromatic rings. The molecule has 0 heterocycles. The highest BCUT2D eigenvalue weighted by atomic mass is 32.2. The van der Waals surface area contributed by atoms with Gasteiger partial charge in [-0.2, -0.15) is 0 Å². The Morgan fingerprint density at radius 1 is 1.33 bits per heavy atom. The zero-order valence-corrected chi connectivity index (χ0v) is 7.51. The maximum absolute atomic E-state index is 10.8. The molecule has 0 aliphatic rings. The van der Waals surface area contributed by atoms with Gasteiger partial charge in [-0.3, -0.25) is 4.79 Å². The Kier molecular flexibility index (Phi) is 3.95. The van der Waals surface area contributed by atoms with E-state index in [1.165, 1.54) is 11.8 Å². The summed E-state index contributed by atoms with van der Waals surface area (Å²) in [7, 11) is 5.17. The van der Waals surface area contributed by atoms with E-state index in [-0.39, 0.29) is 11.4 Å². The molecule has 1 nitrogen and oxygen atoms in total. The van der Waals surface area contributed by atoms with E-state index in [0.29, 0.717) is 0 Å². The summed E-state index contributed by atoms with van der Waals surface area (Å²) in [4.78, 5) is 10.8. The smallest absolute Gasteiger partial charge is 0.180 e. The van der Waals surface area contributed by atoms with Gasteiger partial charge in [-0.05, 0) is 11.9 Å². The van der Waals surface area contributed by atoms with Gasteiger partial charge >= 0.3 is 0 Å². The van der Waals surface area contributed by atoms with E-state index in [0.717, 1.165) is 11.3 Å². The number of carbonyl (C=O) groups excluding carboxylic acids is 1. The molecule has 12 heavy (non-hydrogen) atoms. The van der Waals surface area contributed by atoms with E-state index in [1.807, 2.05) is 30.3 Å². The number of hydrogen-bond donors (Lipinski definition) is 0. The van der Waals surface area contributed by atoms with Gasteiger partial charge < -0.3 is 0 Å². The fraction of sp³-hybridized carbons (Fsp3) is 0.222. The molecule has 0 aliphatic heterocycles. The summed E-state index contributed by atoms with van der Waals surface area (Å²) in [5, 5.41) is 0.0406. The highest BCUT2D eigenvalue weighted by Crippen LogP contribution is 2.13. The van der Waals surface area contributed by atoms with E-state index in [9.17, 15) is 4.79 Å². The Labute approximate surface area is 78.0 Å². The lowest BCUT2D eigenvalue weighted by molar-refractivity contribution is -0.109. The molecular weight excluding hydrogens is 167 g/mol. The molecule has 0 fully saturated rings. The van der Waals surface area contributed by atoms with Crippen LogP contribution in [0.5, 0.6) is 0 Å². The van der Waals surface area contributed by atoms with E-state index >= 15 is 0 Å². The van der Waals surface area contributed by atoms with Gasteiger partial charge in [-0.25, -0.2) is 0 Å². The maximum atomic E-state index is 10.8. The standard InChI is InChI=1S/C9H9BOS/c10-6-9(11)12-7-8-4-2-1-3-5-8/h1-5H,6-7H2. The first-order valence-corrected chi connectivity index (χ1v) is 4.71. The van der Waals surface area contributed by atoms with Crippen LogP contribution in [0.2, 0.25) is 6.32 Å². The number of hydrogen-bond acceptors (Lipinski definition) is 2. The van der Waals surface area contributed by atoms with Crippen LogP contribution in [0.4, 0.5) is 0 Å². The predicted octanol–water partition coefficient (Wildman–Crippen LogP) is 2.03. The zero-order valence-electron chi connectivity index (χ0n) is 6.69. The minimum absolute atomic E-state index is 0.0406. The largest absolute Gasteiger partial charge is 0.288 e. The third kappa shape index (κ3) is 3.14. The molecule has 60 valence electrons. The second-order valence-corrected chi connectivity index (χ2v) is 3.38. The quantitative estimate of drug-likeness (QED) is 0.655. The molecule has 0 saturated carbocycles. The van der Waals surface area contributed by atoms with Crippen molar-refractivity contribution >= 4 is 24.7 Å². The van der Waals surface area contributed by atoms with Crippen molar-refractivity contribution in [3.63, 3.8) is 0 Å². The van der Waals surface area contributed by atoms with Gasteiger partial charge in [-0.15, -0.1) is 0 Å². The van der Waals surface area contributed by atoms with E-state index in [1.54, 1.807) is 0 Å². The zero-order chi connectivity index (χ0) is 8.81. The van der Waals surface area contributed by atoms with Gasteiger partial charge in [0.25, 0.3) is 0 Å². The Morgan fingerprint density at radius 2 is 2.00 bits per heavy atom. The summed E-state index contributed by atoms with van der Waals surface area (Å²) < 4.78 is 0. The van der Waals surface area contributed by atoms with Gasteiger partial charge in [0.2, 0.25) is 0 Å². The average molecular weight is 176 g/mol. The molecule has 0 saturated heterocycles. The minimum Gasteiger partial charge on any atom is -0.288 e. The van der Waals surface area contributed by atoms with Gasteiger partial charge in [0, 0.05) is 5.75 Å². The fourth-order valence-electron chi connectivity index (χ4n) is 0.797. The van der Waals surface area contributed by atoms with Crippen molar-refractivity contribution < 1.29 is 4.79 Å². The van der Waals surface area contributed by atoms with Crippen LogP contribution in [-0.2, 0) is 10.5 Å². The first kappa shape index (κ1) is 9.39. The van der Waals surface area contributed by atoms with Gasteiger partial charge in [0.1, 0.15) is 0 Å². The minimum atomic E-state index is 0.0406. The monoisotopic (exact) mass is 176 g/mol. The summed E-state index contributed by atoms with van der Waals surface area (Å²) in [5.41, 5.74) is 1.16. The van der Waals surface area contributed by atoms with Crippen molar-refractivity contribution in [1.82, 2.24) is 0 Å². The molecular formula is C9H9BOS. The topological polar surface area (TPSA) is 17.1 Å². The molecule has 0 amide bonds. The van der Waals surface area contributed by atoms with Crippen LogP contribution in [0.25, 0.3) is 0 Å². The third-order valence-corrected chi connectivity index (χ3v) is 2.38. The molecule has 0 aromatic heterocycles. The Morgan fingerprint density at radius 3 is 2.58 bits per heavy atom. The van der Waals surface area contributed by atoms with Crippen molar-refractivity contribution in [2.24, 2.45) is 0 Å². The molecule has 1 rings (SSSR count). The first-order valence-electron chi connectivity index (χ1n) is 3.72. The average Bonchev–Trinajstić information content (AvgIpc) is 2.16. The number of rotatable bonds is 3. The van der Waals surface area contributed by atoms with Crippen LogP contribution in [-0.4, -0.2) is 13.0 Å². The molecule has 3 heteroatoms.